The number of carbonyl (C=O) groups is 5. The first-order chi connectivity index (χ1) is 25.4. The van der Waals surface area contributed by atoms with Gasteiger partial charge in [0.2, 0.25) is 27.4 Å². The number of aromatic carboxylic acids is 1. The predicted molar refractivity (Wildman–Crippen MR) is 191 cm³/mol. The molecule has 2 saturated carbocycles. The third-order valence-corrected chi connectivity index (χ3v) is 13.7. The fourth-order valence-corrected chi connectivity index (χ4v) is 8.73. The zero-order chi connectivity index (χ0) is 40.9. The lowest BCUT2D eigenvalue weighted by atomic mass is 9.88. The quantitative estimate of drug-likeness (QED) is 0.274. The summed E-state index contributed by atoms with van der Waals surface area (Å²) in [6, 6.07) is 1.35. The molecule has 1 saturated heterocycles. The fraction of sp³-hybridized carbons (Fsp3) is 0.649. The van der Waals surface area contributed by atoms with Crippen LogP contribution in [0.2, 0.25) is 0 Å². The lowest BCUT2D eigenvalue weighted by Gasteiger charge is -2.34. The average molecular weight is 799 g/mol. The molecule has 55 heavy (non-hydrogen) atoms. The van der Waals surface area contributed by atoms with E-state index in [1.807, 2.05) is 13.0 Å². The maximum Gasteiger partial charge on any atom is 0.427 e. The van der Waals surface area contributed by atoms with Crippen LogP contribution in [0.1, 0.15) is 101 Å². The Labute approximate surface area is 318 Å². The SMILES string of the molecule is COc1ccc(C(=O)O)c([C@H]2C[C@H]3C(=O)N[C@]4(C(=O)NS(=O)(=O)C5(C)CC5)C[C@H]4/C=C\CC[C@@H](C)C[C@@H](C)[C@H](NC(=O)OC(C)(C)C(F)(F)F)C(=O)N3C2)c1. The minimum Gasteiger partial charge on any atom is -0.497 e. The second kappa shape index (κ2) is 15.0. The highest BCUT2D eigenvalue weighted by Gasteiger charge is 2.63. The summed E-state index contributed by atoms with van der Waals surface area (Å²) in [6.45, 7) is 6.13. The van der Waals surface area contributed by atoms with Crippen molar-refractivity contribution in [2.45, 2.75) is 120 Å². The van der Waals surface area contributed by atoms with Crippen molar-refractivity contribution < 1.29 is 60.1 Å². The molecule has 0 aromatic heterocycles. The Morgan fingerprint density at radius 3 is 2.36 bits per heavy atom. The van der Waals surface area contributed by atoms with Crippen molar-refractivity contribution in [2.75, 3.05) is 13.7 Å². The number of nitrogens with one attached hydrogen (secondary N) is 3. The minimum absolute atomic E-state index is 0.0635. The molecule has 5 rings (SSSR count). The van der Waals surface area contributed by atoms with Crippen LogP contribution >= 0.6 is 0 Å². The zero-order valence-corrected chi connectivity index (χ0v) is 32.4. The van der Waals surface area contributed by atoms with Crippen molar-refractivity contribution in [3.8, 4) is 5.75 Å². The van der Waals surface area contributed by atoms with Gasteiger partial charge in [0.1, 0.15) is 23.4 Å². The van der Waals surface area contributed by atoms with E-state index in [1.165, 1.54) is 32.2 Å². The predicted octanol–water partition coefficient (Wildman–Crippen LogP) is 4.40. The summed E-state index contributed by atoms with van der Waals surface area (Å²) in [4.78, 5) is 69.5. The summed E-state index contributed by atoms with van der Waals surface area (Å²) < 4.78 is 78.4. The number of carboxylic acids is 1. The number of benzene rings is 1. The van der Waals surface area contributed by atoms with Crippen molar-refractivity contribution in [3.63, 3.8) is 0 Å². The molecule has 4 N–H and O–H groups in total. The maximum atomic E-state index is 14.7. The van der Waals surface area contributed by atoms with E-state index in [9.17, 15) is 50.7 Å². The van der Waals surface area contributed by atoms with Crippen LogP contribution in [-0.2, 0) is 29.1 Å². The number of amides is 4. The number of allylic oxidation sites excluding steroid dienone is 1. The van der Waals surface area contributed by atoms with E-state index in [2.05, 4.69) is 15.4 Å². The Kier molecular flexibility index (Phi) is 11.4. The highest BCUT2D eigenvalue weighted by molar-refractivity contribution is 7.91. The highest BCUT2D eigenvalue weighted by Crippen LogP contribution is 2.48. The number of sulfonamides is 1. The van der Waals surface area contributed by atoms with Crippen molar-refractivity contribution in [1.82, 2.24) is 20.3 Å². The van der Waals surface area contributed by atoms with Crippen LogP contribution in [0, 0.1) is 17.8 Å². The Hall–Kier alpha value is -4.35. The van der Waals surface area contributed by atoms with E-state index < -0.39 is 91.7 Å². The van der Waals surface area contributed by atoms with Crippen LogP contribution < -0.4 is 20.1 Å². The van der Waals surface area contributed by atoms with Gasteiger partial charge in [-0.1, -0.05) is 26.0 Å². The normalized spacial score (nSPS) is 30.3. The van der Waals surface area contributed by atoms with Gasteiger partial charge in [-0.15, -0.1) is 0 Å². The van der Waals surface area contributed by atoms with Crippen molar-refractivity contribution in [1.29, 1.82) is 0 Å². The van der Waals surface area contributed by atoms with Crippen LogP contribution in [-0.4, -0.2) is 96.0 Å². The number of alkyl halides is 3. The Morgan fingerprint density at radius 1 is 1.09 bits per heavy atom. The summed E-state index contributed by atoms with van der Waals surface area (Å²) in [5, 5.41) is 15.1. The number of hydrogen-bond acceptors (Lipinski definition) is 9. The first-order valence-corrected chi connectivity index (χ1v) is 19.8. The van der Waals surface area contributed by atoms with Gasteiger partial charge in [0, 0.05) is 18.4 Å². The maximum absolute atomic E-state index is 14.7. The Morgan fingerprint density at radius 2 is 1.76 bits per heavy atom. The molecule has 2 heterocycles. The fourth-order valence-electron chi connectivity index (χ4n) is 7.42. The molecule has 304 valence electrons. The molecule has 4 amide bonds. The van der Waals surface area contributed by atoms with Gasteiger partial charge in [0.05, 0.1) is 17.4 Å². The molecule has 0 spiro atoms. The van der Waals surface area contributed by atoms with Gasteiger partial charge in [0.15, 0.2) is 0 Å². The third kappa shape index (κ3) is 8.58. The van der Waals surface area contributed by atoms with E-state index in [-0.39, 0.29) is 36.4 Å². The zero-order valence-electron chi connectivity index (χ0n) is 31.6. The number of halogens is 3. The number of hydrogen-bond donors (Lipinski definition) is 4. The number of carbonyl (C=O) groups excluding carboxylic acids is 4. The second-order valence-electron chi connectivity index (χ2n) is 16.2. The van der Waals surface area contributed by atoms with Crippen LogP contribution in [0.4, 0.5) is 18.0 Å². The number of ether oxygens (including phenoxy) is 2. The standard InChI is InChI=1S/C37H49F3N4O10S/c1-20-9-7-8-10-23-18-36(23,32(49)43-55(51,52)35(5)13-14-35)42-29(45)27-16-22(26-17-24(53-6)11-12-25(26)31(47)48)19-44(27)30(46)28(21(2)15-20)41-33(50)54-34(3,4)37(38,39)40/h8,10-12,17,20-23,27-28H,7,9,13-16,18-19H2,1-6H3,(H,41,50)(H,42,45)(H,43,49)(H,47,48)/b10-8-/t20-,21-,22+,23-,27+,28+,36-/m1/s1. The molecule has 0 radical (unpaired) electrons. The summed E-state index contributed by atoms with van der Waals surface area (Å²) in [5.41, 5.74) is -4.50. The molecule has 2 aliphatic carbocycles. The molecular weight excluding hydrogens is 749 g/mol. The Bertz CT molecular complexity index is 1860. The topological polar surface area (TPSA) is 198 Å². The van der Waals surface area contributed by atoms with Crippen LogP contribution in [0.3, 0.4) is 0 Å². The van der Waals surface area contributed by atoms with E-state index >= 15 is 0 Å². The van der Waals surface area contributed by atoms with Crippen LogP contribution in [0.25, 0.3) is 0 Å². The van der Waals surface area contributed by atoms with Gasteiger partial charge in [-0.25, -0.2) is 18.0 Å². The summed E-state index contributed by atoms with van der Waals surface area (Å²) >= 11 is 0. The summed E-state index contributed by atoms with van der Waals surface area (Å²) in [6.07, 6.45) is -0.836. The lowest BCUT2D eigenvalue weighted by molar-refractivity contribution is -0.244. The number of methoxy groups -OCH3 is 1. The molecule has 1 aromatic rings. The van der Waals surface area contributed by atoms with Gasteiger partial charge in [0.25, 0.3) is 5.91 Å². The third-order valence-electron chi connectivity index (χ3n) is 11.5. The molecular formula is C37H49F3N4O10S. The number of fused-ring (bicyclic) bond motifs is 2. The van der Waals surface area contributed by atoms with E-state index in [4.69, 9.17) is 9.47 Å². The van der Waals surface area contributed by atoms with Crippen molar-refractivity contribution >= 4 is 39.8 Å². The second-order valence-corrected chi connectivity index (χ2v) is 18.4. The van der Waals surface area contributed by atoms with Crippen LogP contribution in [0.15, 0.2) is 30.4 Å². The number of alkyl carbamates (subject to hydrolysis) is 1. The molecule has 0 bridgehead atoms. The molecule has 18 heteroatoms. The van der Waals surface area contributed by atoms with Gasteiger partial charge in [-0.05, 0) is 101 Å². The highest BCUT2D eigenvalue weighted by atomic mass is 32.2. The van der Waals surface area contributed by atoms with Crippen molar-refractivity contribution in [3.05, 3.63) is 41.5 Å². The molecule has 3 fully saturated rings. The largest absolute Gasteiger partial charge is 0.497 e. The number of nitrogens with zero attached hydrogens (tertiary/aromatic N) is 1. The number of carboxylic acid groups (broad SMARTS) is 1. The smallest absolute Gasteiger partial charge is 0.427 e. The lowest BCUT2D eigenvalue weighted by Crippen LogP contribution is -2.59. The van der Waals surface area contributed by atoms with Crippen molar-refractivity contribution in [2.24, 2.45) is 17.8 Å². The van der Waals surface area contributed by atoms with Crippen LogP contribution in [0.5, 0.6) is 5.75 Å². The first-order valence-electron chi connectivity index (χ1n) is 18.3. The summed E-state index contributed by atoms with van der Waals surface area (Å²) in [7, 11) is -2.73. The van der Waals surface area contributed by atoms with Gasteiger partial charge in [-0.3, -0.25) is 19.1 Å². The van der Waals surface area contributed by atoms with E-state index in [0.29, 0.717) is 51.7 Å². The average Bonchev–Trinajstić information content (AvgIpc) is 3.96. The van der Waals surface area contributed by atoms with E-state index in [1.54, 1.807) is 13.0 Å². The minimum atomic E-state index is -4.94. The van der Waals surface area contributed by atoms with Gasteiger partial charge in [-0.2, -0.15) is 13.2 Å². The van der Waals surface area contributed by atoms with Gasteiger partial charge >= 0.3 is 18.2 Å². The molecule has 7 atom stereocenters. The first kappa shape index (κ1) is 41.8. The monoisotopic (exact) mass is 798 g/mol. The summed E-state index contributed by atoms with van der Waals surface area (Å²) in [5.74, 6) is -5.75. The number of rotatable bonds is 8. The van der Waals surface area contributed by atoms with Gasteiger partial charge < -0.3 is 30.1 Å². The Balaban J connectivity index is 1.56. The molecule has 2 aliphatic heterocycles. The molecule has 14 nitrogen and oxygen atoms in total. The molecule has 1 aromatic carbocycles. The van der Waals surface area contributed by atoms with E-state index in [0.717, 1.165) is 4.90 Å². The molecule has 4 aliphatic rings. The molecule has 0 unspecified atom stereocenters.